The summed E-state index contributed by atoms with van der Waals surface area (Å²) in [5.74, 6) is 1.25. The van der Waals surface area contributed by atoms with Crippen molar-refractivity contribution in [3.8, 4) is 11.6 Å². The lowest BCUT2D eigenvalue weighted by atomic mass is 10.1. The van der Waals surface area contributed by atoms with Crippen molar-refractivity contribution in [2.45, 2.75) is 19.8 Å². The Morgan fingerprint density at radius 2 is 2.11 bits per heavy atom. The number of para-hydroxylation sites is 1. The number of anilines is 1. The van der Waals surface area contributed by atoms with Crippen molar-refractivity contribution in [3.63, 3.8) is 0 Å². The third-order valence-electron chi connectivity index (χ3n) is 3.00. The van der Waals surface area contributed by atoms with E-state index in [9.17, 15) is 0 Å². The molecule has 1 aromatic heterocycles. The van der Waals surface area contributed by atoms with E-state index >= 15 is 0 Å². The van der Waals surface area contributed by atoms with Gasteiger partial charge in [-0.15, -0.1) is 0 Å². The molecule has 0 radical (unpaired) electrons. The highest BCUT2D eigenvalue weighted by molar-refractivity contribution is 5.55. The van der Waals surface area contributed by atoms with Crippen LogP contribution in [-0.4, -0.2) is 21.5 Å². The van der Waals surface area contributed by atoms with Gasteiger partial charge < -0.3 is 15.6 Å². The largest absolute Gasteiger partial charge is 0.437 e. The van der Waals surface area contributed by atoms with Crippen LogP contribution in [0.2, 0.25) is 0 Å². The van der Waals surface area contributed by atoms with Crippen LogP contribution >= 0.6 is 0 Å². The highest BCUT2D eigenvalue weighted by Crippen LogP contribution is 2.31. The number of nitrogens with two attached hydrogens (primary N) is 1. The van der Waals surface area contributed by atoms with Crippen LogP contribution in [0.5, 0.6) is 11.6 Å². The molecule has 0 atom stereocenters. The van der Waals surface area contributed by atoms with Crippen LogP contribution < -0.4 is 10.5 Å². The SMILES string of the molecule is CCc1nn(C)c(Oc2ccccc2CCO)c1N. The number of nitrogen functional groups attached to an aromatic ring is 1. The number of aliphatic hydroxyl groups is 1. The predicted octanol–water partition coefficient (Wildman–Crippen LogP) is 1.89. The first-order valence-corrected chi connectivity index (χ1v) is 6.35. The van der Waals surface area contributed by atoms with Crippen molar-refractivity contribution in [1.82, 2.24) is 9.78 Å². The first kappa shape index (κ1) is 13.4. The molecule has 0 aliphatic carbocycles. The smallest absolute Gasteiger partial charge is 0.241 e. The average molecular weight is 261 g/mol. The highest BCUT2D eigenvalue weighted by Gasteiger charge is 2.15. The Hall–Kier alpha value is -2.01. The summed E-state index contributed by atoms with van der Waals surface area (Å²) in [7, 11) is 1.81. The Morgan fingerprint density at radius 1 is 1.37 bits per heavy atom. The number of hydrogen-bond acceptors (Lipinski definition) is 4. The van der Waals surface area contributed by atoms with Gasteiger partial charge in [0.15, 0.2) is 0 Å². The van der Waals surface area contributed by atoms with Crippen LogP contribution in [0.25, 0.3) is 0 Å². The van der Waals surface area contributed by atoms with Crippen molar-refractivity contribution >= 4 is 5.69 Å². The molecule has 1 aromatic carbocycles. The molecule has 2 aromatic rings. The van der Waals surface area contributed by atoms with Gasteiger partial charge in [-0.1, -0.05) is 25.1 Å². The minimum atomic E-state index is 0.0848. The van der Waals surface area contributed by atoms with E-state index < -0.39 is 0 Å². The number of aliphatic hydroxyl groups excluding tert-OH is 1. The van der Waals surface area contributed by atoms with E-state index in [4.69, 9.17) is 15.6 Å². The van der Waals surface area contributed by atoms with Crippen molar-refractivity contribution in [2.24, 2.45) is 7.05 Å². The van der Waals surface area contributed by atoms with E-state index in [1.54, 1.807) is 11.7 Å². The van der Waals surface area contributed by atoms with Gasteiger partial charge in [0.25, 0.3) is 0 Å². The summed E-state index contributed by atoms with van der Waals surface area (Å²) in [6.07, 6.45) is 1.32. The molecule has 3 N–H and O–H groups in total. The van der Waals surface area contributed by atoms with Gasteiger partial charge in [0.2, 0.25) is 5.88 Å². The molecule has 5 nitrogen and oxygen atoms in total. The molecule has 1 heterocycles. The van der Waals surface area contributed by atoms with Gasteiger partial charge >= 0.3 is 0 Å². The summed E-state index contributed by atoms with van der Waals surface area (Å²) in [5, 5.41) is 13.4. The molecular formula is C14H19N3O2. The zero-order valence-corrected chi connectivity index (χ0v) is 11.3. The van der Waals surface area contributed by atoms with Crippen molar-refractivity contribution in [2.75, 3.05) is 12.3 Å². The van der Waals surface area contributed by atoms with Crippen LogP contribution in [-0.2, 0) is 19.9 Å². The molecule has 0 bridgehead atoms. The lowest BCUT2D eigenvalue weighted by Gasteiger charge is -2.10. The van der Waals surface area contributed by atoms with Gasteiger partial charge in [0.1, 0.15) is 11.4 Å². The fourth-order valence-corrected chi connectivity index (χ4v) is 1.99. The van der Waals surface area contributed by atoms with Crippen LogP contribution in [0.15, 0.2) is 24.3 Å². The fraction of sp³-hybridized carbons (Fsp3) is 0.357. The van der Waals surface area contributed by atoms with Gasteiger partial charge in [-0.05, 0) is 24.5 Å². The summed E-state index contributed by atoms with van der Waals surface area (Å²) in [6, 6.07) is 7.60. The van der Waals surface area contributed by atoms with E-state index in [0.717, 1.165) is 17.7 Å². The third kappa shape index (κ3) is 2.71. The second-order valence-electron chi connectivity index (χ2n) is 4.33. The summed E-state index contributed by atoms with van der Waals surface area (Å²) in [6.45, 7) is 2.09. The molecule has 0 saturated carbocycles. The first-order chi connectivity index (χ1) is 9.17. The number of hydrogen-bond donors (Lipinski definition) is 2. The maximum Gasteiger partial charge on any atom is 0.241 e. The molecule has 0 unspecified atom stereocenters. The van der Waals surface area contributed by atoms with Gasteiger partial charge in [-0.3, -0.25) is 0 Å². The average Bonchev–Trinajstić information content (AvgIpc) is 2.68. The third-order valence-corrected chi connectivity index (χ3v) is 3.00. The van der Waals surface area contributed by atoms with Crippen molar-refractivity contribution in [1.29, 1.82) is 0 Å². The molecule has 102 valence electrons. The molecule has 0 amide bonds. The summed E-state index contributed by atoms with van der Waals surface area (Å²) in [5.41, 5.74) is 8.38. The molecule has 0 aliphatic rings. The van der Waals surface area contributed by atoms with E-state index in [2.05, 4.69) is 5.10 Å². The Bertz CT molecular complexity index is 564. The van der Waals surface area contributed by atoms with Gasteiger partial charge in [-0.25, -0.2) is 4.68 Å². The predicted molar refractivity (Wildman–Crippen MR) is 74.3 cm³/mol. The second-order valence-corrected chi connectivity index (χ2v) is 4.33. The molecule has 5 heteroatoms. The second kappa shape index (κ2) is 5.75. The fourth-order valence-electron chi connectivity index (χ4n) is 1.99. The standard InChI is InChI=1S/C14H19N3O2/c1-3-11-13(15)14(17(2)16-11)19-12-7-5-4-6-10(12)8-9-18/h4-7,18H,3,8-9,15H2,1-2H3. The zero-order valence-electron chi connectivity index (χ0n) is 11.3. The molecule has 0 fully saturated rings. The number of aryl methyl sites for hydroxylation is 2. The normalized spacial score (nSPS) is 10.7. The van der Waals surface area contributed by atoms with Gasteiger partial charge in [0.05, 0.1) is 5.69 Å². The molecule has 0 aliphatic heterocycles. The Kier molecular flexibility index (Phi) is 4.06. The van der Waals surface area contributed by atoms with Crippen LogP contribution in [0.1, 0.15) is 18.2 Å². The Balaban J connectivity index is 2.33. The number of benzene rings is 1. The van der Waals surface area contributed by atoms with Crippen molar-refractivity contribution in [3.05, 3.63) is 35.5 Å². The van der Waals surface area contributed by atoms with E-state index in [-0.39, 0.29) is 6.61 Å². The number of aromatic nitrogens is 2. The molecule has 0 spiro atoms. The van der Waals surface area contributed by atoms with Crippen LogP contribution in [0.3, 0.4) is 0 Å². The van der Waals surface area contributed by atoms with Gasteiger partial charge in [-0.2, -0.15) is 5.10 Å². The number of nitrogens with zero attached hydrogens (tertiary/aromatic N) is 2. The van der Waals surface area contributed by atoms with E-state index in [1.807, 2.05) is 31.2 Å². The summed E-state index contributed by atoms with van der Waals surface area (Å²) in [4.78, 5) is 0. The topological polar surface area (TPSA) is 73.3 Å². The molecule has 0 saturated heterocycles. The number of ether oxygens (including phenoxy) is 1. The van der Waals surface area contributed by atoms with E-state index in [1.165, 1.54) is 0 Å². The lowest BCUT2D eigenvalue weighted by molar-refractivity contribution is 0.297. The highest BCUT2D eigenvalue weighted by atomic mass is 16.5. The lowest BCUT2D eigenvalue weighted by Crippen LogP contribution is -2.00. The first-order valence-electron chi connectivity index (χ1n) is 6.35. The Labute approximate surface area is 112 Å². The van der Waals surface area contributed by atoms with Crippen LogP contribution in [0, 0.1) is 0 Å². The molecular weight excluding hydrogens is 242 g/mol. The monoisotopic (exact) mass is 261 g/mol. The van der Waals surface area contributed by atoms with E-state index in [0.29, 0.717) is 23.7 Å². The molecule has 2 rings (SSSR count). The minimum Gasteiger partial charge on any atom is -0.437 e. The van der Waals surface area contributed by atoms with Gasteiger partial charge in [0, 0.05) is 13.7 Å². The minimum absolute atomic E-state index is 0.0848. The maximum atomic E-state index is 9.06. The maximum absolute atomic E-state index is 9.06. The number of rotatable bonds is 5. The Morgan fingerprint density at radius 3 is 2.74 bits per heavy atom. The quantitative estimate of drug-likeness (QED) is 0.862. The van der Waals surface area contributed by atoms with Crippen molar-refractivity contribution < 1.29 is 9.84 Å². The molecule has 19 heavy (non-hydrogen) atoms. The summed E-state index contributed by atoms with van der Waals surface area (Å²) < 4.78 is 7.51. The zero-order chi connectivity index (χ0) is 13.8. The summed E-state index contributed by atoms with van der Waals surface area (Å²) >= 11 is 0. The van der Waals surface area contributed by atoms with Crippen LogP contribution in [0.4, 0.5) is 5.69 Å².